The molecule has 0 aliphatic carbocycles. The van der Waals surface area contributed by atoms with Crippen molar-refractivity contribution < 1.29 is 4.79 Å². The molecule has 2 rings (SSSR count). The average Bonchev–Trinajstić information content (AvgIpc) is 2.83. The van der Waals surface area contributed by atoms with E-state index in [1.54, 1.807) is 18.0 Å². The summed E-state index contributed by atoms with van der Waals surface area (Å²) in [6.45, 7) is 0. The Kier molecular flexibility index (Phi) is 3.86. The van der Waals surface area contributed by atoms with E-state index in [2.05, 4.69) is 15.6 Å². The lowest BCUT2D eigenvalue weighted by Gasteiger charge is -2.13. The molecule has 1 amide bonds. The first kappa shape index (κ1) is 12.2. The van der Waals surface area contributed by atoms with Crippen LogP contribution in [0.2, 0.25) is 0 Å². The molecule has 17 heavy (non-hydrogen) atoms. The van der Waals surface area contributed by atoms with Crippen LogP contribution in [0.15, 0.2) is 18.3 Å². The lowest BCUT2D eigenvalue weighted by Crippen LogP contribution is -2.37. The fourth-order valence-corrected chi connectivity index (χ4v) is 2.46. The number of pyridine rings is 1. The first-order valence-corrected chi connectivity index (χ1v) is 6.57. The number of nitrogens with zero attached hydrogens (tertiary/aromatic N) is 2. The van der Waals surface area contributed by atoms with E-state index in [1.165, 1.54) is 0 Å². The van der Waals surface area contributed by atoms with Gasteiger partial charge < -0.3 is 10.2 Å². The Bertz CT molecular complexity index is 387. The van der Waals surface area contributed by atoms with Gasteiger partial charge in [-0.3, -0.25) is 10.1 Å². The Morgan fingerprint density at radius 3 is 2.94 bits per heavy atom. The number of thioether (sulfide) groups is 1. The van der Waals surface area contributed by atoms with Crippen LogP contribution < -0.4 is 15.5 Å². The van der Waals surface area contributed by atoms with E-state index in [-0.39, 0.29) is 11.9 Å². The lowest BCUT2D eigenvalue weighted by atomic mass is 10.3. The summed E-state index contributed by atoms with van der Waals surface area (Å²) in [6, 6.07) is 3.66. The van der Waals surface area contributed by atoms with E-state index in [0.717, 1.165) is 23.1 Å². The van der Waals surface area contributed by atoms with Crippen molar-refractivity contribution in [1.82, 2.24) is 10.3 Å². The first-order chi connectivity index (χ1) is 8.16. The van der Waals surface area contributed by atoms with Crippen molar-refractivity contribution in [2.24, 2.45) is 0 Å². The Labute approximate surface area is 105 Å². The van der Waals surface area contributed by atoms with Gasteiger partial charge in [-0.15, -0.1) is 11.8 Å². The van der Waals surface area contributed by atoms with Crippen LogP contribution in [0.4, 0.5) is 11.5 Å². The van der Waals surface area contributed by atoms with Crippen molar-refractivity contribution in [3.8, 4) is 0 Å². The third-order valence-corrected chi connectivity index (χ3v) is 3.45. The minimum Gasteiger partial charge on any atom is -0.363 e. The van der Waals surface area contributed by atoms with Crippen molar-refractivity contribution in [2.75, 3.05) is 35.9 Å². The first-order valence-electron chi connectivity index (χ1n) is 5.42. The number of aromatic nitrogens is 1. The maximum atomic E-state index is 11.8. The predicted molar refractivity (Wildman–Crippen MR) is 71.4 cm³/mol. The molecule has 0 aromatic carbocycles. The molecule has 0 bridgehead atoms. The molecule has 2 heterocycles. The third kappa shape index (κ3) is 3.10. The van der Waals surface area contributed by atoms with Gasteiger partial charge in [0.15, 0.2) is 0 Å². The number of nitrogens with one attached hydrogen (secondary N) is 2. The van der Waals surface area contributed by atoms with Gasteiger partial charge >= 0.3 is 0 Å². The monoisotopic (exact) mass is 252 g/mol. The summed E-state index contributed by atoms with van der Waals surface area (Å²) in [4.78, 5) is 18.0. The largest absolute Gasteiger partial charge is 0.363 e. The van der Waals surface area contributed by atoms with Crippen LogP contribution in [0.1, 0.15) is 0 Å². The highest BCUT2D eigenvalue weighted by Crippen LogP contribution is 2.14. The smallest absolute Gasteiger partial charge is 0.242 e. The van der Waals surface area contributed by atoms with Crippen molar-refractivity contribution in [3.63, 3.8) is 0 Å². The topological polar surface area (TPSA) is 57.3 Å². The summed E-state index contributed by atoms with van der Waals surface area (Å²) in [5, 5.41) is 5.98. The zero-order valence-corrected chi connectivity index (χ0v) is 10.8. The van der Waals surface area contributed by atoms with E-state index in [1.807, 2.05) is 31.1 Å². The number of carbonyl (C=O) groups is 1. The number of hydrogen-bond donors (Lipinski definition) is 2. The molecule has 1 atom stereocenters. The van der Waals surface area contributed by atoms with Gasteiger partial charge in [-0.1, -0.05) is 0 Å². The molecule has 1 aromatic rings. The molecule has 2 N–H and O–H groups in total. The van der Waals surface area contributed by atoms with Gasteiger partial charge in [0, 0.05) is 25.7 Å². The highest BCUT2D eigenvalue weighted by atomic mass is 32.2. The number of amides is 1. The fourth-order valence-electron chi connectivity index (χ4n) is 1.52. The molecule has 1 fully saturated rings. The van der Waals surface area contributed by atoms with Gasteiger partial charge in [0.1, 0.15) is 5.82 Å². The van der Waals surface area contributed by atoms with Gasteiger partial charge in [-0.2, -0.15) is 0 Å². The van der Waals surface area contributed by atoms with Crippen molar-refractivity contribution in [1.29, 1.82) is 0 Å². The molecule has 1 aliphatic heterocycles. The van der Waals surface area contributed by atoms with E-state index in [9.17, 15) is 4.79 Å². The van der Waals surface area contributed by atoms with E-state index in [0.29, 0.717) is 0 Å². The number of anilines is 2. The Morgan fingerprint density at radius 1 is 1.59 bits per heavy atom. The van der Waals surface area contributed by atoms with E-state index < -0.39 is 0 Å². The molecule has 0 radical (unpaired) electrons. The molecule has 5 nitrogen and oxygen atoms in total. The quantitative estimate of drug-likeness (QED) is 0.831. The predicted octanol–water partition coefficient (Wildman–Crippen LogP) is 0.749. The molecule has 1 unspecified atom stereocenters. The van der Waals surface area contributed by atoms with Crippen LogP contribution in [-0.2, 0) is 4.79 Å². The van der Waals surface area contributed by atoms with Gasteiger partial charge in [0.05, 0.1) is 17.9 Å². The number of hydrogen-bond acceptors (Lipinski definition) is 5. The van der Waals surface area contributed by atoms with Crippen molar-refractivity contribution in [2.45, 2.75) is 6.04 Å². The number of rotatable bonds is 3. The minimum atomic E-state index is -0.0893. The SMILES string of the molecule is CN(C)c1ccc(NC(=O)C2CSCN2)cn1. The summed E-state index contributed by atoms with van der Waals surface area (Å²) < 4.78 is 0. The van der Waals surface area contributed by atoms with Crippen LogP contribution in [0.5, 0.6) is 0 Å². The normalized spacial score (nSPS) is 19.1. The summed E-state index contributed by atoms with van der Waals surface area (Å²) in [5.41, 5.74) is 0.735. The summed E-state index contributed by atoms with van der Waals surface area (Å²) in [7, 11) is 3.86. The Balaban J connectivity index is 1.96. The Morgan fingerprint density at radius 2 is 2.41 bits per heavy atom. The lowest BCUT2D eigenvalue weighted by molar-refractivity contribution is -0.117. The summed E-state index contributed by atoms with van der Waals surface area (Å²) in [6.07, 6.45) is 1.68. The second-order valence-electron chi connectivity index (χ2n) is 4.06. The zero-order chi connectivity index (χ0) is 12.3. The van der Waals surface area contributed by atoms with Gasteiger partial charge in [-0.05, 0) is 12.1 Å². The molecule has 0 saturated carbocycles. The maximum Gasteiger partial charge on any atom is 0.242 e. The highest BCUT2D eigenvalue weighted by Gasteiger charge is 2.22. The van der Waals surface area contributed by atoms with E-state index >= 15 is 0 Å². The molecule has 1 saturated heterocycles. The fraction of sp³-hybridized carbons (Fsp3) is 0.455. The minimum absolute atomic E-state index is 0.00871. The van der Waals surface area contributed by atoms with Gasteiger partial charge in [0.25, 0.3) is 0 Å². The molecular formula is C11H16N4OS. The third-order valence-electron chi connectivity index (χ3n) is 2.51. The van der Waals surface area contributed by atoms with Crippen LogP contribution in [-0.4, -0.2) is 42.7 Å². The Hall–Kier alpha value is -1.27. The molecule has 92 valence electrons. The summed E-state index contributed by atoms with van der Waals surface area (Å²) in [5.74, 6) is 2.55. The molecule has 0 spiro atoms. The van der Waals surface area contributed by atoms with Crippen molar-refractivity contribution >= 4 is 29.2 Å². The number of carbonyl (C=O) groups excluding carboxylic acids is 1. The maximum absolute atomic E-state index is 11.8. The summed E-state index contributed by atoms with van der Waals surface area (Å²) >= 11 is 1.73. The standard InChI is InChI=1S/C11H16N4OS/c1-15(2)10-4-3-8(5-12-10)14-11(16)9-6-17-7-13-9/h3-5,9,13H,6-7H2,1-2H3,(H,14,16). The average molecular weight is 252 g/mol. The molecular weight excluding hydrogens is 236 g/mol. The highest BCUT2D eigenvalue weighted by molar-refractivity contribution is 7.99. The van der Waals surface area contributed by atoms with Crippen LogP contribution >= 0.6 is 11.8 Å². The molecule has 6 heteroatoms. The second kappa shape index (κ2) is 5.37. The van der Waals surface area contributed by atoms with Gasteiger partial charge in [0.2, 0.25) is 5.91 Å². The zero-order valence-electron chi connectivity index (χ0n) is 9.93. The van der Waals surface area contributed by atoms with Gasteiger partial charge in [-0.25, -0.2) is 4.98 Å². The van der Waals surface area contributed by atoms with Crippen molar-refractivity contribution in [3.05, 3.63) is 18.3 Å². The van der Waals surface area contributed by atoms with Crippen LogP contribution in [0.3, 0.4) is 0 Å². The van der Waals surface area contributed by atoms with Crippen LogP contribution in [0, 0.1) is 0 Å². The van der Waals surface area contributed by atoms with E-state index in [4.69, 9.17) is 0 Å². The second-order valence-corrected chi connectivity index (χ2v) is 5.09. The molecule has 1 aliphatic rings. The molecule has 1 aromatic heterocycles. The van der Waals surface area contributed by atoms with Crippen LogP contribution in [0.25, 0.3) is 0 Å².